The zero-order valence-corrected chi connectivity index (χ0v) is 12.0. The Kier molecular flexibility index (Phi) is 4.19. The number of carbonyl (C=O) groups is 1. The molecule has 0 saturated heterocycles. The Bertz CT molecular complexity index is 697. The number of ether oxygens (including phenoxy) is 1. The summed E-state index contributed by atoms with van der Waals surface area (Å²) in [5.41, 5.74) is 1.82. The fourth-order valence-electron chi connectivity index (χ4n) is 2.41. The predicted molar refractivity (Wildman–Crippen MR) is 83.0 cm³/mol. The summed E-state index contributed by atoms with van der Waals surface area (Å²) >= 11 is 0. The third-order valence-electron chi connectivity index (χ3n) is 3.49. The molecule has 2 aromatic carbocycles. The molecule has 0 spiro atoms. The molecule has 0 saturated carbocycles. The molecule has 2 aromatic rings. The smallest absolute Gasteiger partial charge is 0.244 e. The number of nitrogens with one attached hydrogen (secondary N) is 1. The van der Waals surface area contributed by atoms with Gasteiger partial charge in [0.15, 0.2) is 0 Å². The second-order valence-corrected chi connectivity index (χ2v) is 5.19. The largest absolute Gasteiger partial charge is 0.488 e. The van der Waals surface area contributed by atoms with Crippen molar-refractivity contribution in [3.63, 3.8) is 0 Å². The molecule has 0 fully saturated rings. The van der Waals surface area contributed by atoms with Gasteiger partial charge in [-0.2, -0.15) is 0 Å². The van der Waals surface area contributed by atoms with Crippen LogP contribution in [0.1, 0.15) is 11.1 Å². The summed E-state index contributed by atoms with van der Waals surface area (Å²) < 4.78 is 18.8. The maximum atomic E-state index is 13.1. The Hall–Kier alpha value is -2.62. The van der Waals surface area contributed by atoms with Gasteiger partial charge in [-0.25, -0.2) is 4.39 Å². The third kappa shape index (κ3) is 3.52. The average Bonchev–Trinajstić information content (AvgIpc) is 2.94. The van der Waals surface area contributed by atoms with E-state index in [4.69, 9.17) is 4.74 Å². The van der Waals surface area contributed by atoms with Crippen LogP contribution in [-0.4, -0.2) is 18.6 Å². The maximum absolute atomic E-state index is 13.1. The van der Waals surface area contributed by atoms with Gasteiger partial charge >= 0.3 is 0 Å². The van der Waals surface area contributed by atoms with Gasteiger partial charge in [0.1, 0.15) is 17.7 Å². The molecule has 4 heteroatoms. The molecule has 3 rings (SSSR count). The Morgan fingerprint density at radius 1 is 1.27 bits per heavy atom. The molecule has 3 nitrogen and oxygen atoms in total. The topological polar surface area (TPSA) is 38.3 Å². The van der Waals surface area contributed by atoms with Crippen molar-refractivity contribution < 1.29 is 13.9 Å². The van der Waals surface area contributed by atoms with Crippen molar-refractivity contribution in [2.75, 3.05) is 6.54 Å². The molecule has 0 aromatic heterocycles. The quantitative estimate of drug-likeness (QED) is 0.881. The van der Waals surface area contributed by atoms with Gasteiger partial charge in [-0.1, -0.05) is 30.3 Å². The van der Waals surface area contributed by atoms with E-state index < -0.39 is 0 Å². The van der Waals surface area contributed by atoms with Crippen LogP contribution in [0.15, 0.2) is 54.6 Å². The van der Waals surface area contributed by atoms with E-state index in [-0.39, 0.29) is 17.8 Å². The lowest BCUT2D eigenvalue weighted by Gasteiger charge is -2.10. The van der Waals surface area contributed by atoms with Crippen LogP contribution in [-0.2, 0) is 11.2 Å². The average molecular weight is 297 g/mol. The van der Waals surface area contributed by atoms with E-state index in [2.05, 4.69) is 5.32 Å². The molecule has 0 bridgehead atoms. The molecule has 1 N–H and O–H groups in total. The zero-order chi connectivity index (χ0) is 15.4. The van der Waals surface area contributed by atoms with Crippen molar-refractivity contribution in [3.05, 3.63) is 71.6 Å². The van der Waals surface area contributed by atoms with E-state index >= 15 is 0 Å². The number of fused-ring (bicyclic) bond motifs is 1. The monoisotopic (exact) mass is 297 g/mol. The number of rotatable bonds is 4. The molecule has 22 heavy (non-hydrogen) atoms. The first-order valence-corrected chi connectivity index (χ1v) is 7.17. The van der Waals surface area contributed by atoms with Crippen LogP contribution in [0.3, 0.4) is 0 Å². The van der Waals surface area contributed by atoms with Crippen molar-refractivity contribution in [2.45, 2.75) is 12.5 Å². The summed E-state index contributed by atoms with van der Waals surface area (Å²) in [6.45, 7) is 0.397. The lowest BCUT2D eigenvalue weighted by molar-refractivity contribution is -0.116. The zero-order valence-electron chi connectivity index (χ0n) is 12.0. The molecule has 1 unspecified atom stereocenters. The molecule has 1 amide bonds. The van der Waals surface area contributed by atoms with Crippen LogP contribution >= 0.6 is 0 Å². The minimum atomic E-state index is -0.266. The van der Waals surface area contributed by atoms with E-state index in [9.17, 15) is 9.18 Å². The van der Waals surface area contributed by atoms with Gasteiger partial charge in [0, 0.05) is 18.1 Å². The number of halogens is 1. The van der Waals surface area contributed by atoms with Crippen LogP contribution in [0.5, 0.6) is 5.75 Å². The highest BCUT2D eigenvalue weighted by Crippen LogP contribution is 2.28. The fraction of sp³-hybridized carbons (Fsp3) is 0.167. The van der Waals surface area contributed by atoms with Gasteiger partial charge < -0.3 is 10.1 Å². The molecule has 112 valence electrons. The number of benzene rings is 2. The van der Waals surface area contributed by atoms with Crippen molar-refractivity contribution in [1.29, 1.82) is 0 Å². The molecule has 1 aliphatic rings. The van der Waals surface area contributed by atoms with E-state index in [0.717, 1.165) is 11.1 Å². The van der Waals surface area contributed by atoms with Gasteiger partial charge in [-0.3, -0.25) is 4.79 Å². The highest BCUT2D eigenvalue weighted by atomic mass is 19.1. The summed E-state index contributed by atoms with van der Waals surface area (Å²) in [7, 11) is 0. The van der Waals surface area contributed by atoms with Crippen LogP contribution in [0.4, 0.5) is 4.39 Å². The number of hydrogen-bond acceptors (Lipinski definition) is 2. The molecule has 1 atom stereocenters. The van der Waals surface area contributed by atoms with Gasteiger partial charge in [-0.15, -0.1) is 0 Å². The van der Waals surface area contributed by atoms with Gasteiger partial charge in [0.25, 0.3) is 0 Å². The summed E-state index contributed by atoms with van der Waals surface area (Å²) in [6, 6.07) is 14.1. The lowest BCUT2D eigenvalue weighted by atomic mass is 10.1. The second kappa shape index (κ2) is 6.43. The van der Waals surface area contributed by atoms with Crippen molar-refractivity contribution in [2.24, 2.45) is 0 Å². The van der Waals surface area contributed by atoms with Crippen LogP contribution in [0.2, 0.25) is 0 Å². The molecule has 1 aliphatic heterocycles. The summed E-state index contributed by atoms with van der Waals surface area (Å²) in [6.07, 6.45) is 3.72. The Morgan fingerprint density at radius 2 is 2.09 bits per heavy atom. The SMILES string of the molecule is O=C(/C=C/c1ccccc1)NCC1Cc2cc(F)ccc2O1. The molecule has 0 radical (unpaired) electrons. The first-order valence-electron chi connectivity index (χ1n) is 7.17. The van der Waals surface area contributed by atoms with E-state index in [0.29, 0.717) is 18.7 Å². The highest BCUT2D eigenvalue weighted by Gasteiger charge is 2.23. The Labute approximate surface area is 128 Å². The van der Waals surface area contributed by atoms with Crippen LogP contribution < -0.4 is 10.1 Å². The van der Waals surface area contributed by atoms with Crippen LogP contribution in [0, 0.1) is 5.82 Å². The highest BCUT2D eigenvalue weighted by molar-refractivity contribution is 5.91. The van der Waals surface area contributed by atoms with E-state index in [1.165, 1.54) is 18.2 Å². The first kappa shape index (κ1) is 14.3. The number of carbonyl (C=O) groups excluding carboxylic acids is 1. The maximum Gasteiger partial charge on any atom is 0.244 e. The standard InChI is InChI=1S/C18H16FNO2/c19-15-7-8-17-14(10-15)11-16(22-17)12-20-18(21)9-6-13-4-2-1-3-5-13/h1-10,16H,11-12H2,(H,20,21)/b9-6+. The van der Waals surface area contributed by atoms with Gasteiger partial charge in [0.05, 0.1) is 6.54 Å². The van der Waals surface area contributed by atoms with Crippen LogP contribution in [0.25, 0.3) is 6.08 Å². The van der Waals surface area contributed by atoms with Gasteiger partial charge in [-0.05, 0) is 29.8 Å². The molecule has 0 aliphatic carbocycles. The lowest BCUT2D eigenvalue weighted by Crippen LogP contribution is -2.33. The Balaban J connectivity index is 1.50. The third-order valence-corrected chi connectivity index (χ3v) is 3.49. The normalized spacial score (nSPS) is 16.3. The predicted octanol–water partition coefficient (Wildman–Crippen LogP) is 2.96. The first-order chi connectivity index (χ1) is 10.7. The number of amides is 1. The van der Waals surface area contributed by atoms with Crippen molar-refractivity contribution in [1.82, 2.24) is 5.32 Å². The summed E-state index contributed by atoms with van der Waals surface area (Å²) in [5.74, 6) is 0.257. The Morgan fingerprint density at radius 3 is 2.91 bits per heavy atom. The van der Waals surface area contributed by atoms with E-state index in [1.807, 2.05) is 30.3 Å². The van der Waals surface area contributed by atoms with Crippen molar-refractivity contribution in [3.8, 4) is 5.75 Å². The summed E-state index contributed by atoms with van der Waals surface area (Å²) in [5, 5.41) is 2.80. The number of hydrogen-bond donors (Lipinski definition) is 1. The molecular weight excluding hydrogens is 281 g/mol. The van der Waals surface area contributed by atoms with E-state index in [1.54, 1.807) is 12.1 Å². The molecular formula is C18H16FNO2. The minimum absolute atomic E-state index is 0.147. The summed E-state index contributed by atoms with van der Waals surface area (Å²) in [4.78, 5) is 11.8. The van der Waals surface area contributed by atoms with Crippen molar-refractivity contribution >= 4 is 12.0 Å². The molecule has 1 heterocycles. The second-order valence-electron chi connectivity index (χ2n) is 5.19. The minimum Gasteiger partial charge on any atom is -0.488 e. The fourth-order valence-corrected chi connectivity index (χ4v) is 2.41. The van der Waals surface area contributed by atoms with Gasteiger partial charge in [0.2, 0.25) is 5.91 Å².